The van der Waals surface area contributed by atoms with Crippen molar-refractivity contribution in [3.63, 3.8) is 0 Å². The molecular formula is C14H42K2Si8. The second kappa shape index (κ2) is 9.25. The first-order valence-electron chi connectivity index (χ1n) is 9.00. The molecule has 1 aliphatic heterocycles. The Hall–Kier alpha value is 5.01. The predicted molar refractivity (Wildman–Crippen MR) is 128 cm³/mol. The van der Waals surface area contributed by atoms with Crippen LogP contribution in [0.1, 0.15) is 0 Å². The second-order valence-corrected chi connectivity index (χ2v) is 98.2. The van der Waals surface area contributed by atoms with Crippen molar-refractivity contribution >= 4 is 58.3 Å². The van der Waals surface area contributed by atoms with Crippen LogP contribution in [0.4, 0.5) is 0 Å². The van der Waals surface area contributed by atoms with E-state index in [0.717, 1.165) is 0 Å². The third-order valence-electron chi connectivity index (χ3n) is 7.12. The van der Waals surface area contributed by atoms with Gasteiger partial charge in [0, 0.05) is 0 Å². The van der Waals surface area contributed by atoms with Gasteiger partial charge in [-0.15, -0.1) is 96.0 Å². The Bertz CT molecular complexity index is 379. The Kier molecular flexibility index (Phi) is 12.0. The van der Waals surface area contributed by atoms with Crippen molar-refractivity contribution in [2.45, 2.75) is 91.7 Å². The van der Waals surface area contributed by atoms with Gasteiger partial charge in [-0.25, -0.2) is 0 Å². The fourth-order valence-electron chi connectivity index (χ4n) is 6.56. The standard InChI is InChI=1S/C14H42Si8.2K/c1-17(2,3)15-19(7,8)21(11,12)16(18(4,5)6)22(13,14)20(15,9)10;;/h1-14H3;;/q-2;2*+1. The summed E-state index contributed by atoms with van der Waals surface area (Å²) >= 11 is 0. The van der Waals surface area contributed by atoms with Crippen molar-refractivity contribution in [2.75, 3.05) is 0 Å². The minimum Gasteiger partial charge on any atom is -0.261 e. The molecular weight excluding hydrogens is 471 g/mol. The Labute approximate surface area is 247 Å². The van der Waals surface area contributed by atoms with Gasteiger partial charge in [0.15, 0.2) is 0 Å². The molecule has 1 heterocycles. The molecule has 1 saturated heterocycles. The molecule has 0 unspecified atom stereocenters. The number of rotatable bonds is 2. The SMILES string of the molecule is C[Si](C)(C)[Si-]1[Si](C)(C)[Si](C)(C)[Si-]([Si](C)(C)C)[Si](C)(C)[Si]1(C)C.[K+].[K+]. The van der Waals surface area contributed by atoms with E-state index >= 15 is 0 Å². The summed E-state index contributed by atoms with van der Waals surface area (Å²) < 4.78 is 0. The fourth-order valence-corrected chi connectivity index (χ4v) is 366. The molecule has 0 atom stereocenters. The zero-order valence-electron chi connectivity index (χ0n) is 20.0. The molecule has 0 N–H and O–H groups in total. The monoisotopic (exact) mass is 512 g/mol. The van der Waals surface area contributed by atoms with E-state index < -0.39 is 43.6 Å². The summed E-state index contributed by atoms with van der Waals surface area (Å²) in [6.07, 6.45) is 0. The van der Waals surface area contributed by atoms with Crippen LogP contribution in [-0.2, 0) is 0 Å². The molecule has 0 spiro atoms. The molecule has 1 rings (SSSR count). The van der Waals surface area contributed by atoms with Gasteiger partial charge < -0.3 is 0 Å². The van der Waals surface area contributed by atoms with E-state index in [1.165, 1.54) is 0 Å². The molecule has 1 aliphatic rings. The Morgan fingerprint density at radius 3 is 0.625 bits per heavy atom. The summed E-state index contributed by atoms with van der Waals surface area (Å²) in [6, 6.07) is 0. The van der Waals surface area contributed by atoms with E-state index in [1.54, 1.807) is 0 Å². The summed E-state index contributed by atoms with van der Waals surface area (Å²) in [5.74, 6) is 0. The minimum atomic E-state index is -1.00. The second-order valence-electron chi connectivity index (χ2n) is 11.8. The van der Waals surface area contributed by atoms with Crippen LogP contribution in [-0.4, -0.2) is 58.3 Å². The topological polar surface area (TPSA) is 0 Å². The van der Waals surface area contributed by atoms with Crippen molar-refractivity contribution < 1.29 is 103 Å². The van der Waals surface area contributed by atoms with Crippen LogP contribution in [0, 0.1) is 0 Å². The van der Waals surface area contributed by atoms with Crippen LogP contribution in [0.3, 0.4) is 0 Å². The molecule has 0 aromatic carbocycles. The largest absolute Gasteiger partial charge is 1.00 e. The van der Waals surface area contributed by atoms with Gasteiger partial charge in [-0.2, -0.15) is 0 Å². The molecule has 0 aromatic heterocycles. The van der Waals surface area contributed by atoms with Gasteiger partial charge in [-0.1, -0.05) is 39.3 Å². The summed E-state index contributed by atoms with van der Waals surface area (Å²) in [7, 11) is -6.01. The molecule has 0 radical (unpaired) electrons. The molecule has 1 fully saturated rings. The van der Waals surface area contributed by atoms with Gasteiger partial charge in [0.05, 0.1) is 0 Å². The van der Waals surface area contributed by atoms with Crippen molar-refractivity contribution in [2.24, 2.45) is 0 Å². The molecule has 0 bridgehead atoms. The molecule has 0 amide bonds. The Morgan fingerprint density at radius 1 is 0.417 bits per heavy atom. The maximum absolute atomic E-state index is 2.93. The maximum Gasteiger partial charge on any atom is 1.00 e. The average molecular weight is 513 g/mol. The molecule has 0 saturated carbocycles. The molecule has 0 aliphatic carbocycles. The van der Waals surface area contributed by atoms with E-state index in [9.17, 15) is 0 Å². The summed E-state index contributed by atoms with van der Waals surface area (Å²) in [6.45, 7) is 40.0. The zero-order valence-corrected chi connectivity index (χ0v) is 34.2. The van der Waals surface area contributed by atoms with Crippen LogP contribution in [0.5, 0.6) is 0 Å². The normalized spacial score (nSPS) is 26.2. The van der Waals surface area contributed by atoms with Gasteiger partial charge in [0.25, 0.3) is 0 Å². The van der Waals surface area contributed by atoms with Crippen molar-refractivity contribution in [1.29, 1.82) is 0 Å². The van der Waals surface area contributed by atoms with E-state index in [-0.39, 0.29) is 117 Å². The summed E-state index contributed by atoms with van der Waals surface area (Å²) in [5, 5.41) is 0. The average Bonchev–Trinajstić information content (AvgIpc) is 2.06. The maximum atomic E-state index is 2.93. The summed E-state index contributed by atoms with van der Waals surface area (Å²) in [5.41, 5.74) is 0. The van der Waals surface area contributed by atoms with Gasteiger partial charge in [0.2, 0.25) is 0 Å². The predicted octanol–water partition coefficient (Wildman–Crippen LogP) is -0.865. The van der Waals surface area contributed by atoms with Crippen LogP contribution < -0.4 is 103 Å². The van der Waals surface area contributed by atoms with Gasteiger partial charge in [-0.05, 0) is 0 Å². The fraction of sp³-hybridized carbons (Fsp3) is 1.00. The minimum absolute atomic E-state index is 0. The van der Waals surface area contributed by atoms with Crippen LogP contribution in [0.15, 0.2) is 0 Å². The van der Waals surface area contributed by atoms with Crippen LogP contribution in [0.25, 0.3) is 0 Å². The Morgan fingerprint density at radius 2 is 0.542 bits per heavy atom. The first kappa shape index (κ1) is 31.2. The van der Waals surface area contributed by atoms with Crippen molar-refractivity contribution in [3.05, 3.63) is 0 Å². The first-order chi connectivity index (χ1) is 9.23. The first-order valence-corrected chi connectivity index (χ1v) is 39.0. The van der Waals surface area contributed by atoms with Crippen molar-refractivity contribution in [3.8, 4) is 0 Å². The van der Waals surface area contributed by atoms with E-state index in [4.69, 9.17) is 0 Å². The third kappa shape index (κ3) is 5.25. The van der Waals surface area contributed by atoms with Gasteiger partial charge in [-0.3, -0.25) is 14.7 Å². The molecule has 24 heavy (non-hydrogen) atoms. The van der Waals surface area contributed by atoms with E-state index in [0.29, 0.717) is 0 Å². The molecule has 132 valence electrons. The van der Waals surface area contributed by atoms with Crippen LogP contribution in [0.2, 0.25) is 91.7 Å². The van der Waals surface area contributed by atoms with Gasteiger partial charge >= 0.3 is 103 Å². The van der Waals surface area contributed by atoms with E-state index in [2.05, 4.69) is 91.7 Å². The zero-order chi connectivity index (χ0) is 18.2. The summed E-state index contributed by atoms with van der Waals surface area (Å²) in [4.78, 5) is 0. The quantitative estimate of drug-likeness (QED) is 0.422. The van der Waals surface area contributed by atoms with Crippen LogP contribution >= 0.6 is 0 Å². The molecule has 0 aromatic rings. The molecule has 0 nitrogen and oxygen atoms in total. The van der Waals surface area contributed by atoms with Gasteiger partial charge in [0.1, 0.15) is 0 Å². The number of hydrogen-bond donors (Lipinski definition) is 0. The third-order valence-corrected chi connectivity index (χ3v) is 190. The van der Waals surface area contributed by atoms with Crippen molar-refractivity contribution in [1.82, 2.24) is 0 Å². The number of hydrogen-bond acceptors (Lipinski definition) is 0. The molecule has 10 heteroatoms. The Balaban J connectivity index is 0. The smallest absolute Gasteiger partial charge is 0.261 e. The van der Waals surface area contributed by atoms with E-state index in [1.807, 2.05) is 0 Å².